The third kappa shape index (κ3) is 4.11. The summed E-state index contributed by atoms with van der Waals surface area (Å²) in [5.74, 6) is -2.26. The van der Waals surface area contributed by atoms with Crippen LogP contribution in [-0.2, 0) is 19.1 Å². The number of rotatable bonds is 4. The number of benzene rings is 1. The third-order valence-corrected chi connectivity index (χ3v) is 2.73. The number of carbonyl (C=O) groups excluding carboxylic acids is 2. The van der Waals surface area contributed by atoms with Crippen LogP contribution in [0.1, 0.15) is 0 Å². The minimum Gasteiger partial charge on any atom is -0.466 e. The molecular formula is C12H10Cl2FNO4. The van der Waals surface area contributed by atoms with Gasteiger partial charge < -0.3 is 14.8 Å². The Hall–Kier alpha value is -1.79. The van der Waals surface area contributed by atoms with Gasteiger partial charge in [-0.3, -0.25) is 0 Å². The number of ether oxygens (including phenoxy) is 2. The van der Waals surface area contributed by atoms with Gasteiger partial charge in [-0.05, 0) is 12.1 Å². The maximum absolute atomic E-state index is 13.1. The predicted octanol–water partition coefficient (Wildman–Crippen LogP) is 2.77. The van der Waals surface area contributed by atoms with E-state index in [4.69, 9.17) is 23.2 Å². The van der Waals surface area contributed by atoms with E-state index in [0.29, 0.717) is 0 Å². The van der Waals surface area contributed by atoms with Gasteiger partial charge in [0, 0.05) is 0 Å². The Kier molecular flexibility index (Phi) is 5.79. The molecule has 0 saturated carbocycles. The summed E-state index contributed by atoms with van der Waals surface area (Å²) in [6.45, 7) is 0. The molecule has 0 heterocycles. The zero-order chi connectivity index (χ0) is 15.3. The van der Waals surface area contributed by atoms with E-state index in [9.17, 15) is 14.0 Å². The molecule has 8 heteroatoms. The van der Waals surface area contributed by atoms with Gasteiger partial charge in [0.2, 0.25) is 0 Å². The molecule has 1 N–H and O–H groups in total. The molecule has 0 unspecified atom stereocenters. The van der Waals surface area contributed by atoms with Crippen molar-refractivity contribution in [1.82, 2.24) is 0 Å². The average molecular weight is 322 g/mol. The maximum atomic E-state index is 13.1. The monoisotopic (exact) mass is 321 g/mol. The lowest BCUT2D eigenvalue weighted by Gasteiger charge is -2.12. The lowest BCUT2D eigenvalue weighted by molar-refractivity contribution is -0.138. The Labute approximate surface area is 124 Å². The molecule has 0 aromatic heterocycles. The number of carbonyl (C=O) groups is 2. The number of hydrogen-bond acceptors (Lipinski definition) is 5. The summed E-state index contributed by atoms with van der Waals surface area (Å²) in [5, 5.41) is 2.39. The van der Waals surface area contributed by atoms with Crippen molar-refractivity contribution in [3.8, 4) is 0 Å². The number of nitrogens with one attached hydrogen (secondary N) is 1. The molecule has 0 aliphatic carbocycles. The largest absolute Gasteiger partial charge is 0.466 e. The molecule has 108 valence electrons. The summed E-state index contributed by atoms with van der Waals surface area (Å²) >= 11 is 11.6. The summed E-state index contributed by atoms with van der Waals surface area (Å²) in [6, 6.07) is 2.01. The molecule has 1 aromatic carbocycles. The Morgan fingerprint density at radius 2 is 1.75 bits per heavy atom. The van der Waals surface area contributed by atoms with E-state index in [2.05, 4.69) is 14.8 Å². The van der Waals surface area contributed by atoms with Crippen LogP contribution in [0.15, 0.2) is 23.9 Å². The predicted molar refractivity (Wildman–Crippen MR) is 72.2 cm³/mol. The summed E-state index contributed by atoms with van der Waals surface area (Å²) in [5.41, 5.74) is -0.190. The minimum absolute atomic E-state index is 0.0605. The molecule has 0 radical (unpaired) electrons. The van der Waals surface area contributed by atoms with Crippen molar-refractivity contribution in [2.45, 2.75) is 0 Å². The van der Waals surface area contributed by atoms with Crippen LogP contribution in [0, 0.1) is 5.82 Å². The van der Waals surface area contributed by atoms with E-state index in [1.165, 1.54) is 0 Å². The molecule has 1 aromatic rings. The van der Waals surface area contributed by atoms with Crippen molar-refractivity contribution in [3.05, 3.63) is 39.8 Å². The molecule has 5 nitrogen and oxygen atoms in total. The van der Waals surface area contributed by atoms with E-state index in [1.807, 2.05) is 0 Å². The zero-order valence-electron chi connectivity index (χ0n) is 10.5. The van der Waals surface area contributed by atoms with Gasteiger partial charge in [0.1, 0.15) is 11.5 Å². The topological polar surface area (TPSA) is 64.6 Å². The first-order valence-electron chi connectivity index (χ1n) is 5.18. The fourth-order valence-electron chi connectivity index (χ4n) is 1.23. The smallest absolute Gasteiger partial charge is 0.354 e. The second kappa shape index (κ2) is 7.12. The molecule has 0 spiro atoms. The summed E-state index contributed by atoms with van der Waals surface area (Å²) in [6.07, 6.45) is 0.863. The average Bonchev–Trinajstić information content (AvgIpc) is 2.40. The van der Waals surface area contributed by atoms with Gasteiger partial charge in [0.05, 0.1) is 36.0 Å². The molecule has 0 aliphatic rings. The van der Waals surface area contributed by atoms with Crippen LogP contribution < -0.4 is 5.32 Å². The molecule has 0 atom stereocenters. The normalized spacial score (nSPS) is 10.9. The Morgan fingerprint density at radius 1 is 1.20 bits per heavy atom. The molecule has 20 heavy (non-hydrogen) atoms. The lowest BCUT2D eigenvalue weighted by atomic mass is 10.2. The van der Waals surface area contributed by atoms with Crippen LogP contribution in [0.2, 0.25) is 10.0 Å². The van der Waals surface area contributed by atoms with E-state index >= 15 is 0 Å². The van der Waals surface area contributed by atoms with Crippen molar-refractivity contribution in [1.29, 1.82) is 0 Å². The number of anilines is 1. The molecule has 1 rings (SSSR count). The fraction of sp³-hybridized carbons (Fsp3) is 0.167. The van der Waals surface area contributed by atoms with Crippen LogP contribution in [0.3, 0.4) is 0 Å². The van der Waals surface area contributed by atoms with Gasteiger partial charge in [-0.25, -0.2) is 14.0 Å². The van der Waals surface area contributed by atoms with Crippen LogP contribution in [0.25, 0.3) is 0 Å². The van der Waals surface area contributed by atoms with Crippen LogP contribution >= 0.6 is 23.2 Å². The first kappa shape index (κ1) is 16.3. The van der Waals surface area contributed by atoms with E-state index in [1.54, 1.807) is 0 Å². The van der Waals surface area contributed by atoms with Gasteiger partial charge >= 0.3 is 11.9 Å². The number of esters is 2. The number of halogens is 3. The first-order valence-corrected chi connectivity index (χ1v) is 5.94. The van der Waals surface area contributed by atoms with Crippen molar-refractivity contribution in [2.24, 2.45) is 0 Å². The van der Waals surface area contributed by atoms with E-state index < -0.39 is 17.8 Å². The van der Waals surface area contributed by atoms with Gasteiger partial charge in [0.25, 0.3) is 0 Å². The van der Waals surface area contributed by atoms with Crippen molar-refractivity contribution >= 4 is 40.8 Å². The highest BCUT2D eigenvalue weighted by Gasteiger charge is 2.16. The Morgan fingerprint density at radius 3 is 2.20 bits per heavy atom. The van der Waals surface area contributed by atoms with Crippen molar-refractivity contribution < 1.29 is 23.5 Å². The number of hydrogen-bond donors (Lipinski definition) is 1. The zero-order valence-corrected chi connectivity index (χ0v) is 12.0. The Bertz CT molecular complexity index is 552. The molecular weight excluding hydrogens is 312 g/mol. The maximum Gasteiger partial charge on any atom is 0.354 e. The highest BCUT2D eigenvalue weighted by molar-refractivity contribution is 6.39. The quantitative estimate of drug-likeness (QED) is 0.682. The van der Waals surface area contributed by atoms with Gasteiger partial charge in [-0.15, -0.1) is 0 Å². The summed E-state index contributed by atoms with van der Waals surface area (Å²) in [7, 11) is 2.27. The van der Waals surface area contributed by atoms with Crippen molar-refractivity contribution in [3.63, 3.8) is 0 Å². The fourth-order valence-corrected chi connectivity index (χ4v) is 1.78. The highest BCUT2D eigenvalue weighted by atomic mass is 35.5. The van der Waals surface area contributed by atoms with Crippen LogP contribution in [0.5, 0.6) is 0 Å². The van der Waals surface area contributed by atoms with Gasteiger partial charge in [0.15, 0.2) is 0 Å². The minimum atomic E-state index is -0.841. The van der Waals surface area contributed by atoms with E-state index in [0.717, 1.165) is 32.4 Å². The molecule has 0 aliphatic heterocycles. The summed E-state index contributed by atoms with van der Waals surface area (Å²) in [4.78, 5) is 22.7. The highest BCUT2D eigenvalue weighted by Crippen LogP contribution is 2.32. The van der Waals surface area contributed by atoms with Gasteiger partial charge in [-0.2, -0.15) is 0 Å². The van der Waals surface area contributed by atoms with Gasteiger partial charge in [-0.1, -0.05) is 23.2 Å². The lowest BCUT2D eigenvalue weighted by Crippen LogP contribution is -2.16. The third-order valence-electron chi connectivity index (χ3n) is 2.14. The van der Waals surface area contributed by atoms with Crippen molar-refractivity contribution in [2.75, 3.05) is 19.5 Å². The first-order chi connectivity index (χ1) is 9.38. The second-order valence-electron chi connectivity index (χ2n) is 3.44. The number of methoxy groups -OCH3 is 2. The molecule has 0 saturated heterocycles. The molecule has 0 bridgehead atoms. The van der Waals surface area contributed by atoms with Crippen LogP contribution in [-0.4, -0.2) is 26.2 Å². The summed E-state index contributed by atoms with van der Waals surface area (Å²) < 4.78 is 22.0. The molecule has 0 amide bonds. The molecule has 0 fully saturated rings. The second-order valence-corrected chi connectivity index (χ2v) is 4.26. The van der Waals surface area contributed by atoms with E-state index in [-0.39, 0.29) is 21.4 Å². The SMILES string of the molecule is COC(=O)/C=C(/Nc1c(Cl)cc(F)cc1Cl)C(=O)OC. The van der Waals surface area contributed by atoms with Crippen LogP contribution in [0.4, 0.5) is 10.1 Å². The Balaban J connectivity index is 3.17. The standard InChI is InChI=1S/C12H10Cl2FNO4/c1-19-10(17)5-9(12(18)20-2)16-11-7(13)3-6(15)4-8(11)14/h3-5,16H,1-2H3/b9-5+.